The third-order valence-corrected chi connectivity index (χ3v) is 1.72. The minimum Gasteiger partial charge on any atom is -0.451 e. The van der Waals surface area contributed by atoms with Gasteiger partial charge in [0.2, 0.25) is 0 Å². The van der Waals surface area contributed by atoms with Crippen LogP contribution in [0.5, 0.6) is 0 Å². The standard InChI is InChI=1S/C10H17NO2/c1-3-5-6-7-9(11)10(12)13-8-4-2/h2,9H,3,5-8,11H2,1H3/t9-/m0/s1. The van der Waals surface area contributed by atoms with E-state index in [0.29, 0.717) is 6.42 Å². The van der Waals surface area contributed by atoms with Gasteiger partial charge < -0.3 is 10.5 Å². The highest BCUT2D eigenvalue weighted by Crippen LogP contribution is 2.02. The molecule has 0 aromatic rings. The fourth-order valence-electron chi connectivity index (χ4n) is 0.952. The van der Waals surface area contributed by atoms with Gasteiger partial charge in [0, 0.05) is 0 Å². The van der Waals surface area contributed by atoms with Gasteiger partial charge in [-0.2, -0.15) is 0 Å². The maximum absolute atomic E-state index is 11.1. The predicted octanol–water partition coefficient (Wildman–Crippen LogP) is 1.07. The molecular weight excluding hydrogens is 166 g/mol. The Morgan fingerprint density at radius 3 is 2.85 bits per heavy atom. The first-order valence-electron chi connectivity index (χ1n) is 4.58. The summed E-state index contributed by atoms with van der Waals surface area (Å²) in [6.45, 7) is 2.11. The molecule has 13 heavy (non-hydrogen) atoms. The first-order valence-corrected chi connectivity index (χ1v) is 4.58. The van der Waals surface area contributed by atoms with Crippen LogP contribution in [0.3, 0.4) is 0 Å². The van der Waals surface area contributed by atoms with Crippen molar-refractivity contribution in [3.05, 3.63) is 0 Å². The number of terminal acetylenes is 1. The summed E-state index contributed by atoms with van der Waals surface area (Å²) >= 11 is 0. The number of carbonyl (C=O) groups is 1. The summed E-state index contributed by atoms with van der Waals surface area (Å²) in [6, 6.07) is -0.514. The number of carbonyl (C=O) groups excluding carboxylic acids is 1. The smallest absolute Gasteiger partial charge is 0.323 e. The van der Waals surface area contributed by atoms with Crippen molar-refractivity contribution < 1.29 is 9.53 Å². The average molecular weight is 183 g/mol. The van der Waals surface area contributed by atoms with E-state index in [1.807, 2.05) is 0 Å². The van der Waals surface area contributed by atoms with Gasteiger partial charge in [0.1, 0.15) is 6.04 Å². The van der Waals surface area contributed by atoms with Crippen LogP contribution in [0.1, 0.15) is 32.6 Å². The van der Waals surface area contributed by atoms with Crippen molar-refractivity contribution in [2.24, 2.45) is 5.73 Å². The lowest BCUT2D eigenvalue weighted by atomic mass is 10.1. The van der Waals surface area contributed by atoms with E-state index >= 15 is 0 Å². The molecule has 2 N–H and O–H groups in total. The minimum atomic E-state index is -0.514. The normalized spacial score (nSPS) is 11.8. The lowest BCUT2D eigenvalue weighted by Gasteiger charge is -2.08. The van der Waals surface area contributed by atoms with E-state index < -0.39 is 12.0 Å². The van der Waals surface area contributed by atoms with Crippen molar-refractivity contribution >= 4 is 5.97 Å². The molecular formula is C10H17NO2. The maximum atomic E-state index is 11.1. The topological polar surface area (TPSA) is 52.3 Å². The Hall–Kier alpha value is -1.01. The molecule has 3 heteroatoms. The van der Waals surface area contributed by atoms with E-state index in [4.69, 9.17) is 12.2 Å². The second-order valence-electron chi connectivity index (χ2n) is 2.91. The molecule has 0 aromatic carbocycles. The van der Waals surface area contributed by atoms with Crippen LogP contribution in [0.4, 0.5) is 0 Å². The molecule has 0 amide bonds. The predicted molar refractivity (Wildman–Crippen MR) is 51.9 cm³/mol. The van der Waals surface area contributed by atoms with Gasteiger partial charge >= 0.3 is 5.97 Å². The van der Waals surface area contributed by atoms with E-state index in [1.165, 1.54) is 0 Å². The van der Waals surface area contributed by atoms with Crippen molar-refractivity contribution in [1.82, 2.24) is 0 Å². The molecule has 0 fully saturated rings. The van der Waals surface area contributed by atoms with E-state index in [1.54, 1.807) is 0 Å². The molecule has 0 aromatic heterocycles. The van der Waals surface area contributed by atoms with E-state index in [9.17, 15) is 4.79 Å². The number of unbranched alkanes of at least 4 members (excludes halogenated alkanes) is 2. The highest BCUT2D eigenvalue weighted by molar-refractivity contribution is 5.75. The Bertz CT molecular complexity index is 184. The number of rotatable bonds is 6. The summed E-state index contributed by atoms with van der Waals surface area (Å²) in [4.78, 5) is 11.1. The molecule has 3 nitrogen and oxygen atoms in total. The van der Waals surface area contributed by atoms with Gasteiger partial charge in [0.25, 0.3) is 0 Å². The Morgan fingerprint density at radius 2 is 2.31 bits per heavy atom. The van der Waals surface area contributed by atoms with Gasteiger partial charge in [-0.15, -0.1) is 6.42 Å². The van der Waals surface area contributed by atoms with Crippen LogP contribution in [0.25, 0.3) is 0 Å². The summed E-state index contributed by atoms with van der Waals surface area (Å²) in [5.41, 5.74) is 5.56. The van der Waals surface area contributed by atoms with E-state index in [-0.39, 0.29) is 6.61 Å². The lowest BCUT2D eigenvalue weighted by Crippen LogP contribution is -2.32. The van der Waals surface area contributed by atoms with Crippen LogP contribution in [0.2, 0.25) is 0 Å². The second kappa shape index (κ2) is 7.63. The molecule has 0 radical (unpaired) electrons. The van der Waals surface area contributed by atoms with Crippen LogP contribution in [-0.2, 0) is 9.53 Å². The Balaban J connectivity index is 3.52. The minimum absolute atomic E-state index is 0.0142. The fraction of sp³-hybridized carbons (Fsp3) is 0.700. The highest BCUT2D eigenvalue weighted by Gasteiger charge is 2.13. The van der Waals surface area contributed by atoms with Crippen LogP contribution in [0.15, 0.2) is 0 Å². The largest absolute Gasteiger partial charge is 0.451 e. The number of hydrogen-bond acceptors (Lipinski definition) is 3. The number of hydrogen-bond donors (Lipinski definition) is 1. The SMILES string of the molecule is C#CCOC(=O)[C@@H](N)CCCCC. The molecule has 0 spiro atoms. The summed E-state index contributed by atoms with van der Waals surface area (Å²) in [7, 11) is 0. The molecule has 0 bridgehead atoms. The third-order valence-electron chi connectivity index (χ3n) is 1.72. The molecule has 1 atom stereocenters. The Labute approximate surface area is 79.6 Å². The molecule has 0 aliphatic carbocycles. The summed E-state index contributed by atoms with van der Waals surface area (Å²) in [5.74, 6) is 1.83. The van der Waals surface area contributed by atoms with Crippen molar-refractivity contribution in [1.29, 1.82) is 0 Å². The summed E-state index contributed by atoms with van der Waals surface area (Å²) < 4.78 is 4.68. The molecule has 0 aliphatic rings. The quantitative estimate of drug-likeness (QED) is 0.381. The molecule has 0 saturated carbocycles. The summed E-state index contributed by atoms with van der Waals surface area (Å²) in [6.07, 6.45) is 8.78. The molecule has 0 aliphatic heterocycles. The Morgan fingerprint density at radius 1 is 1.62 bits per heavy atom. The summed E-state index contributed by atoms with van der Waals surface area (Å²) in [5, 5.41) is 0. The first-order chi connectivity index (χ1) is 6.22. The number of esters is 1. The molecule has 0 rings (SSSR count). The second-order valence-corrected chi connectivity index (χ2v) is 2.91. The van der Waals surface area contributed by atoms with Gasteiger partial charge in [-0.1, -0.05) is 32.1 Å². The zero-order chi connectivity index (χ0) is 10.1. The van der Waals surface area contributed by atoms with Crippen molar-refractivity contribution in [2.45, 2.75) is 38.6 Å². The molecule has 0 saturated heterocycles. The van der Waals surface area contributed by atoms with Crippen molar-refractivity contribution in [3.63, 3.8) is 0 Å². The maximum Gasteiger partial charge on any atom is 0.323 e. The van der Waals surface area contributed by atoms with Gasteiger partial charge in [0.15, 0.2) is 6.61 Å². The van der Waals surface area contributed by atoms with E-state index in [2.05, 4.69) is 17.6 Å². The third kappa shape index (κ3) is 6.18. The highest BCUT2D eigenvalue weighted by atomic mass is 16.5. The number of nitrogens with two attached hydrogens (primary N) is 1. The van der Waals surface area contributed by atoms with Gasteiger partial charge in [-0.05, 0) is 6.42 Å². The van der Waals surface area contributed by atoms with E-state index in [0.717, 1.165) is 19.3 Å². The van der Waals surface area contributed by atoms with Crippen LogP contribution >= 0.6 is 0 Å². The first kappa shape index (κ1) is 12.0. The zero-order valence-electron chi connectivity index (χ0n) is 8.08. The van der Waals surface area contributed by atoms with Crippen molar-refractivity contribution in [2.75, 3.05) is 6.61 Å². The van der Waals surface area contributed by atoms with Gasteiger partial charge in [0.05, 0.1) is 0 Å². The molecule has 0 unspecified atom stereocenters. The van der Waals surface area contributed by atoms with Crippen LogP contribution < -0.4 is 5.73 Å². The molecule has 0 heterocycles. The number of ether oxygens (including phenoxy) is 1. The Kier molecular flexibility index (Phi) is 7.04. The lowest BCUT2D eigenvalue weighted by molar-refractivity contribution is -0.143. The van der Waals surface area contributed by atoms with Gasteiger partial charge in [-0.3, -0.25) is 4.79 Å². The fourth-order valence-corrected chi connectivity index (χ4v) is 0.952. The van der Waals surface area contributed by atoms with Crippen molar-refractivity contribution in [3.8, 4) is 12.3 Å². The molecule has 74 valence electrons. The monoisotopic (exact) mass is 183 g/mol. The zero-order valence-corrected chi connectivity index (χ0v) is 8.08. The van der Waals surface area contributed by atoms with Gasteiger partial charge in [-0.25, -0.2) is 0 Å². The van der Waals surface area contributed by atoms with Crippen LogP contribution in [0, 0.1) is 12.3 Å². The average Bonchev–Trinajstić information content (AvgIpc) is 2.14. The van der Waals surface area contributed by atoms with Crippen LogP contribution in [-0.4, -0.2) is 18.6 Å².